The number of nitro groups is 1. The third kappa shape index (κ3) is 3.85. The summed E-state index contributed by atoms with van der Waals surface area (Å²) in [7, 11) is 0. The highest BCUT2D eigenvalue weighted by atomic mass is 16.6. The Bertz CT molecular complexity index is 454. The van der Waals surface area contributed by atoms with Gasteiger partial charge in [-0.3, -0.25) is 10.1 Å². The van der Waals surface area contributed by atoms with Gasteiger partial charge in [0.1, 0.15) is 11.4 Å². The monoisotopic (exact) mass is 278 g/mol. The molecule has 0 unspecified atom stereocenters. The normalized spacial score (nSPS) is 16.4. The van der Waals surface area contributed by atoms with E-state index >= 15 is 0 Å². The van der Waals surface area contributed by atoms with E-state index < -0.39 is 0 Å². The number of nitrogens with zero attached hydrogens (tertiary/aromatic N) is 1. The highest BCUT2D eigenvalue weighted by molar-refractivity contribution is 5.64. The van der Waals surface area contributed by atoms with Crippen LogP contribution in [0.15, 0.2) is 18.2 Å². The zero-order valence-corrected chi connectivity index (χ0v) is 11.9. The molecule has 20 heavy (non-hydrogen) atoms. The summed E-state index contributed by atoms with van der Waals surface area (Å²) in [6.07, 6.45) is 7.07. The quantitative estimate of drug-likeness (QED) is 0.499. The average molecular weight is 278 g/mol. The molecule has 0 amide bonds. The minimum absolute atomic E-state index is 0.123. The minimum Gasteiger partial charge on any atom is -0.494 e. The number of anilines is 1. The van der Waals surface area contributed by atoms with Crippen LogP contribution in [-0.4, -0.2) is 17.6 Å². The Hall–Kier alpha value is -1.78. The van der Waals surface area contributed by atoms with Gasteiger partial charge in [0, 0.05) is 18.2 Å². The molecule has 0 heterocycles. The van der Waals surface area contributed by atoms with Gasteiger partial charge in [0.2, 0.25) is 0 Å². The molecule has 0 saturated heterocycles. The fourth-order valence-electron chi connectivity index (χ4n) is 2.69. The van der Waals surface area contributed by atoms with Crippen molar-refractivity contribution in [2.45, 2.75) is 51.5 Å². The summed E-state index contributed by atoms with van der Waals surface area (Å²) >= 11 is 0. The fraction of sp³-hybridized carbons (Fsp3) is 0.600. The van der Waals surface area contributed by atoms with Crippen LogP contribution in [0.1, 0.15) is 45.4 Å². The molecule has 5 nitrogen and oxygen atoms in total. The van der Waals surface area contributed by atoms with Crippen molar-refractivity contribution in [3.05, 3.63) is 28.3 Å². The SMILES string of the molecule is CCOc1ccc([N+](=O)[O-])c(NC2CCCCCC2)c1. The van der Waals surface area contributed by atoms with E-state index in [-0.39, 0.29) is 10.6 Å². The Morgan fingerprint density at radius 2 is 2.00 bits per heavy atom. The highest BCUT2D eigenvalue weighted by Gasteiger charge is 2.19. The van der Waals surface area contributed by atoms with Crippen molar-refractivity contribution < 1.29 is 9.66 Å². The van der Waals surface area contributed by atoms with E-state index in [2.05, 4.69) is 5.32 Å². The van der Waals surface area contributed by atoms with Crippen LogP contribution in [0.4, 0.5) is 11.4 Å². The molecule has 1 aromatic rings. The summed E-state index contributed by atoms with van der Waals surface area (Å²) in [6.45, 7) is 2.46. The maximum atomic E-state index is 11.1. The molecule has 2 rings (SSSR count). The van der Waals surface area contributed by atoms with Gasteiger partial charge in [-0.15, -0.1) is 0 Å². The van der Waals surface area contributed by atoms with E-state index in [0.29, 0.717) is 24.1 Å². The third-order valence-electron chi connectivity index (χ3n) is 3.69. The average Bonchev–Trinajstić information content (AvgIpc) is 2.68. The number of hydrogen-bond acceptors (Lipinski definition) is 4. The van der Waals surface area contributed by atoms with E-state index in [0.717, 1.165) is 12.8 Å². The summed E-state index contributed by atoms with van der Waals surface area (Å²) in [5, 5.41) is 14.5. The molecule has 110 valence electrons. The summed E-state index contributed by atoms with van der Waals surface area (Å²) in [5.74, 6) is 0.675. The van der Waals surface area contributed by atoms with Crippen LogP contribution >= 0.6 is 0 Å². The number of benzene rings is 1. The maximum absolute atomic E-state index is 11.1. The number of rotatable bonds is 5. The molecule has 5 heteroatoms. The van der Waals surface area contributed by atoms with E-state index in [1.165, 1.54) is 31.7 Å². The van der Waals surface area contributed by atoms with Gasteiger partial charge >= 0.3 is 0 Å². The minimum atomic E-state index is -0.339. The molecule has 0 bridgehead atoms. The molecule has 1 N–H and O–H groups in total. The van der Waals surface area contributed by atoms with Crippen LogP contribution in [0.25, 0.3) is 0 Å². The topological polar surface area (TPSA) is 64.4 Å². The van der Waals surface area contributed by atoms with Gasteiger partial charge in [0.05, 0.1) is 11.5 Å². The van der Waals surface area contributed by atoms with E-state index in [1.54, 1.807) is 12.1 Å². The Morgan fingerprint density at radius 1 is 1.30 bits per heavy atom. The van der Waals surface area contributed by atoms with Crippen molar-refractivity contribution >= 4 is 11.4 Å². The summed E-state index contributed by atoms with van der Waals surface area (Å²) in [5.41, 5.74) is 0.700. The molecule has 1 aliphatic carbocycles. The molecular formula is C15H22N2O3. The van der Waals surface area contributed by atoms with E-state index in [4.69, 9.17) is 4.74 Å². The standard InChI is InChI=1S/C15H22N2O3/c1-2-20-13-9-10-15(17(18)19)14(11-13)16-12-7-5-3-4-6-8-12/h9-12,16H,2-8H2,1H3. The van der Waals surface area contributed by atoms with Crippen LogP contribution in [0, 0.1) is 10.1 Å². The van der Waals surface area contributed by atoms with E-state index in [1.807, 2.05) is 6.92 Å². The number of hydrogen-bond donors (Lipinski definition) is 1. The van der Waals surface area contributed by atoms with Crippen LogP contribution in [0.2, 0.25) is 0 Å². The van der Waals surface area contributed by atoms with Gasteiger partial charge < -0.3 is 10.1 Å². The lowest BCUT2D eigenvalue weighted by Crippen LogP contribution is -2.19. The first-order valence-corrected chi connectivity index (χ1v) is 7.38. The third-order valence-corrected chi connectivity index (χ3v) is 3.69. The van der Waals surface area contributed by atoms with Gasteiger partial charge in [0.25, 0.3) is 5.69 Å². The molecule has 0 spiro atoms. The first kappa shape index (κ1) is 14.6. The second-order valence-corrected chi connectivity index (χ2v) is 5.20. The predicted octanol–water partition coefficient (Wildman–Crippen LogP) is 4.13. The zero-order chi connectivity index (χ0) is 14.4. The first-order chi connectivity index (χ1) is 9.70. The van der Waals surface area contributed by atoms with Gasteiger partial charge in [-0.1, -0.05) is 25.7 Å². The molecule has 0 atom stereocenters. The van der Waals surface area contributed by atoms with Gasteiger partial charge in [0.15, 0.2) is 0 Å². The Morgan fingerprint density at radius 3 is 2.60 bits per heavy atom. The lowest BCUT2D eigenvalue weighted by atomic mass is 10.1. The zero-order valence-electron chi connectivity index (χ0n) is 11.9. The van der Waals surface area contributed by atoms with Crippen LogP contribution in [0.3, 0.4) is 0 Å². The predicted molar refractivity (Wildman–Crippen MR) is 79.4 cm³/mol. The summed E-state index contributed by atoms with van der Waals surface area (Å²) < 4.78 is 5.43. The molecule has 1 aromatic carbocycles. The molecule has 1 saturated carbocycles. The second kappa shape index (κ2) is 7.12. The largest absolute Gasteiger partial charge is 0.494 e. The van der Waals surface area contributed by atoms with Crippen molar-refractivity contribution in [1.29, 1.82) is 0 Å². The highest BCUT2D eigenvalue weighted by Crippen LogP contribution is 2.31. The summed E-state index contributed by atoms with van der Waals surface area (Å²) in [4.78, 5) is 10.8. The van der Waals surface area contributed by atoms with E-state index in [9.17, 15) is 10.1 Å². The molecule has 0 aliphatic heterocycles. The molecule has 0 radical (unpaired) electrons. The van der Waals surface area contributed by atoms with Crippen molar-refractivity contribution in [1.82, 2.24) is 0 Å². The Balaban J connectivity index is 2.17. The molecule has 1 aliphatic rings. The van der Waals surface area contributed by atoms with Gasteiger partial charge in [-0.05, 0) is 25.8 Å². The van der Waals surface area contributed by atoms with Gasteiger partial charge in [-0.25, -0.2) is 0 Å². The second-order valence-electron chi connectivity index (χ2n) is 5.20. The summed E-state index contributed by atoms with van der Waals surface area (Å²) in [6, 6.07) is 5.24. The van der Waals surface area contributed by atoms with Crippen LogP contribution < -0.4 is 10.1 Å². The van der Waals surface area contributed by atoms with Crippen LogP contribution in [0.5, 0.6) is 5.75 Å². The lowest BCUT2D eigenvalue weighted by molar-refractivity contribution is -0.384. The lowest BCUT2D eigenvalue weighted by Gasteiger charge is -2.18. The van der Waals surface area contributed by atoms with Crippen molar-refractivity contribution in [2.24, 2.45) is 0 Å². The van der Waals surface area contributed by atoms with Crippen molar-refractivity contribution in [3.8, 4) is 5.75 Å². The number of nitrogens with one attached hydrogen (secondary N) is 1. The fourth-order valence-corrected chi connectivity index (χ4v) is 2.69. The molecule has 0 aromatic heterocycles. The first-order valence-electron chi connectivity index (χ1n) is 7.38. The Labute approximate surface area is 119 Å². The van der Waals surface area contributed by atoms with Crippen LogP contribution in [-0.2, 0) is 0 Å². The number of ether oxygens (including phenoxy) is 1. The Kier molecular flexibility index (Phi) is 5.21. The number of nitro benzene ring substituents is 1. The maximum Gasteiger partial charge on any atom is 0.292 e. The molecule has 1 fully saturated rings. The van der Waals surface area contributed by atoms with Crippen molar-refractivity contribution in [3.63, 3.8) is 0 Å². The molecular weight excluding hydrogens is 256 g/mol. The van der Waals surface area contributed by atoms with Crippen molar-refractivity contribution in [2.75, 3.05) is 11.9 Å². The van der Waals surface area contributed by atoms with Gasteiger partial charge in [-0.2, -0.15) is 0 Å². The smallest absolute Gasteiger partial charge is 0.292 e.